The van der Waals surface area contributed by atoms with Crippen molar-refractivity contribution in [2.75, 3.05) is 45.7 Å². The molecule has 1 aromatic heterocycles. The zero-order chi connectivity index (χ0) is 22.9. The van der Waals surface area contributed by atoms with Crippen molar-refractivity contribution in [1.82, 2.24) is 20.0 Å². The summed E-state index contributed by atoms with van der Waals surface area (Å²) in [5.74, 6) is 0.554. The van der Waals surface area contributed by atoms with Gasteiger partial charge in [-0.15, -0.1) is 0 Å². The molecule has 0 atom stereocenters. The van der Waals surface area contributed by atoms with Crippen LogP contribution in [-0.4, -0.2) is 72.1 Å². The Morgan fingerprint density at radius 2 is 1.94 bits per heavy atom. The maximum absolute atomic E-state index is 12.5. The Hall–Kier alpha value is -3.91. The number of rotatable bonds is 4. The van der Waals surface area contributed by atoms with Crippen LogP contribution < -0.4 is 10.1 Å². The average molecular weight is 444 g/mol. The molecule has 168 valence electrons. The molecule has 2 amide bonds. The fourth-order valence-corrected chi connectivity index (χ4v) is 4.16. The Balaban J connectivity index is 1.38. The van der Waals surface area contributed by atoms with E-state index in [0.717, 1.165) is 53.9 Å². The maximum atomic E-state index is 12.5. The Morgan fingerprint density at radius 1 is 1.12 bits per heavy atom. The number of ether oxygens (including phenoxy) is 1. The summed E-state index contributed by atoms with van der Waals surface area (Å²) in [6, 6.07) is 11.4. The van der Waals surface area contributed by atoms with E-state index in [1.165, 1.54) is 0 Å². The summed E-state index contributed by atoms with van der Waals surface area (Å²) < 4.78 is 5.30. The predicted octanol–water partition coefficient (Wildman–Crippen LogP) is 2.85. The van der Waals surface area contributed by atoms with Gasteiger partial charge in [0.15, 0.2) is 0 Å². The number of nitrogens with one attached hydrogen (secondary N) is 2. The first-order valence-electron chi connectivity index (χ1n) is 10.9. The van der Waals surface area contributed by atoms with Crippen LogP contribution in [0.1, 0.15) is 16.8 Å². The first-order valence-corrected chi connectivity index (χ1v) is 10.9. The fourth-order valence-electron chi connectivity index (χ4n) is 4.16. The first kappa shape index (κ1) is 21.0. The monoisotopic (exact) mass is 443 g/mol. The Kier molecular flexibility index (Phi) is 5.43. The second-order valence-electron chi connectivity index (χ2n) is 8.30. The number of anilines is 1. The molecule has 8 nitrogen and oxygen atoms in total. The minimum Gasteiger partial charge on any atom is -0.497 e. The van der Waals surface area contributed by atoms with Crippen LogP contribution in [0.2, 0.25) is 0 Å². The lowest BCUT2D eigenvalue weighted by molar-refractivity contribution is -0.127. The number of benzene rings is 2. The van der Waals surface area contributed by atoms with Gasteiger partial charge in [-0.3, -0.25) is 14.7 Å². The normalized spacial score (nSPS) is 17.7. The fraction of sp³-hybridized carbons (Fsp3) is 0.240. The lowest BCUT2D eigenvalue weighted by Crippen LogP contribution is -2.46. The minimum atomic E-state index is -0.144. The van der Waals surface area contributed by atoms with Gasteiger partial charge in [0.1, 0.15) is 5.75 Å². The summed E-state index contributed by atoms with van der Waals surface area (Å²) in [6.45, 7) is 3.25. The second kappa shape index (κ2) is 8.55. The molecular weight excluding hydrogens is 418 g/mol. The molecule has 0 aliphatic carbocycles. The minimum absolute atomic E-state index is 0.00180. The first-order chi connectivity index (χ1) is 16.0. The van der Waals surface area contributed by atoms with E-state index in [0.29, 0.717) is 17.0 Å². The van der Waals surface area contributed by atoms with Crippen molar-refractivity contribution in [3.63, 3.8) is 0 Å². The van der Waals surface area contributed by atoms with Gasteiger partial charge in [0.05, 0.1) is 18.3 Å². The summed E-state index contributed by atoms with van der Waals surface area (Å²) in [5, 5.41) is 11.2. The van der Waals surface area contributed by atoms with Crippen LogP contribution in [-0.2, 0) is 9.59 Å². The van der Waals surface area contributed by atoms with Crippen molar-refractivity contribution < 1.29 is 14.3 Å². The van der Waals surface area contributed by atoms with Crippen LogP contribution in [0, 0.1) is 0 Å². The highest BCUT2D eigenvalue weighted by Gasteiger charge is 2.24. The van der Waals surface area contributed by atoms with Crippen LogP contribution in [0.25, 0.3) is 28.6 Å². The standard InChI is InChI=1S/C25H25N5O3/c1-29-9-11-30(12-10-29)24(31)8-7-22-18-5-3-16(14-23(18)28-27-22)13-20-19-15-17(33-2)4-6-21(19)26-25(20)32/h3-8,13-15H,9-12H2,1-2H3,(H,26,32)(H,27,28). The SMILES string of the molecule is COc1ccc2c(c1)C(=Cc1ccc3c(C=CC(=O)N4CCN(C)CC4)n[nH]c3c1)C(=O)N2. The molecule has 0 saturated carbocycles. The lowest BCUT2D eigenvalue weighted by atomic mass is 10.0. The van der Waals surface area contributed by atoms with Crippen LogP contribution >= 0.6 is 0 Å². The molecule has 8 heteroatoms. The number of aromatic amines is 1. The third-order valence-electron chi connectivity index (χ3n) is 6.14. The topological polar surface area (TPSA) is 90.6 Å². The van der Waals surface area contributed by atoms with E-state index in [1.54, 1.807) is 19.3 Å². The van der Waals surface area contributed by atoms with E-state index in [1.807, 2.05) is 47.4 Å². The van der Waals surface area contributed by atoms with Gasteiger partial charge in [-0.25, -0.2) is 0 Å². The third kappa shape index (κ3) is 4.12. The molecule has 5 rings (SSSR count). The third-order valence-corrected chi connectivity index (χ3v) is 6.14. The smallest absolute Gasteiger partial charge is 0.256 e. The highest BCUT2D eigenvalue weighted by Crippen LogP contribution is 2.36. The van der Waals surface area contributed by atoms with Gasteiger partial charge >= 0.3 is 0 Å². The van der Waals surface area contributed by atoms with Crippen LogP contribution in [0.5, 0.6) is 5.75 Å². The number of carbonyl (C=O) groups is 2. The molecule has 3 aromatic rings. The molecule has 2 N–H and O–H groups in total. The molecule has 0 unspecified atom stereocenters. The van der Waals surface area contributed by atoms with Crippen molar-refractivity contribution in [2.24, 2.45) is 0 Å². The largest absolute Gasteiger partial charge is 0.497 e. The molecule has 1 saturated heterocycles. The predicted molar refractivity (Wildman–Crippen MR) is 129 cm³/mol. The zero-order valence-corrected chi connectivity index (χ0v) is 18.6. The molecule has 2 aliphatic heterocycles. The molecule has 0 radical (unpaired) electrons. The van der Waals surface area contributed by atoms with Gasteiger partial charge in [-0.1, -0.05) is 6.07 Å². The van der Waals surface area contributed by atoms with Crippen LogP contribution in [0.3, 0.4) is 0 Å². The molecule has 2 aliphatic rings. The molecule has 0 spiro atoms. The molecule has 3 heterocycles. The Labute approximate surface area is 191 Å². The van der Waals surface area contributed by atoms with E-state index in [2.05, 4.69) is 27.5 Å². The summed E-state index contributed by atoms with van der Waals surface area (Å²) in [7, 11) is 3.67. The van der Waals surface area contributed by atoms with E-state index in [4.69, 9.17) is 4.74 Å². The number of likely N-dealkylation sites (N-methyl/N-ethyl adjacent to an activating group) is 1. The van der Waals surface area contributed by atoms with E-state index >= 15 is 0 Å². The highest BCUT2D eigenvalue weighted by molar-refractivity contribution is 6.35. The van der Waals surface area contributed by atoms with Gasteiger partial charge in [-0.05, 0) is 55.1 Å². The summed E-state index contributed by atoms with van der Waals surface area (Å²) in [4.78, 5) is 29.1. The number of fused-ring (bicyclic) bond motifs is 2. The molecule has 33 heavy (non-hydrogen) atoms. The van der Waals surface area contributed by atoms with E-state index in [-0.39, 0.29) is 11.8 Å². The van der Waals surface area contributed by atoms with Crippen LogP contribution in [0.4, 0.5) is 5.69 Å². The summed E-state index contributed by atoms with van der Waals surface area (Å²) in [6.07, 6.45) is 5.20. The Bertz CT molecular complexity index is 1300. The van der Waals surface area contributed by atoms with Crippen molar-refractivity contribution in [3.05, 3.63) is 59.3 Å². The number of aromatic nitrogens is 2. The van der Waals surface area contributed by atoms with Crippen molar-refractivity contribution >= 4 is 46.1 Å². The molecular formula is C25H25N5O3. The number of carbonyl (C=O) groups excluding carboxylic acids is 2. The van der Waals surface area contributed by atoms with Crippen molar-refractivity contribution in [2.45, 2.75) is 0 Å². The van der Waals surface area contributed by atoms with Crippen molar-refractivity contribution in [3.8, 4) is 5.75 Å². The number of piperazine rings is 1. The van der Waals surface area contributed by atoms with Gasteiger partial charge in [-0.2, -0.15) is 5.10 Å². The van der Waals surface area contributed by atoms with Gasteiger partial charge in [0, 0.05) is 54.5 Å². The number of amides is 2. The molecule has 2 aromatic carbocycles. The van der Waals surface area contributed by atoms with Gasteiger partial charge in [0.25, 0.3) is 5.91 Å². The van der Waals surface area contributed by atoms with Gasteiger partial charge in [0.2, 0.25) is 5.91 Å². The van der Waals surface area contributed by atoms with Gasteiger partial charge < -0.3 is 19.9 Å². The number of hydrogen-bond donors (Lipinski definition) is 2. The average Bonchev–Trinajstić information content (AvgIpc) is 3.37. The van der Waals surface area contributed by atoms with Crippen LogP contribution in [0.15, 0.2) is 42.5 Å². The van der Waals surface area contributed by atoms with E-state index in [9.17, 15) is 9.59 Å². The molecule has 0 bridgehead atoms. The van der Waals surface area contributed by atoms with E-state index < -0.39 is 0 Å². The zero-order valence-electron chi connectivity index (χ0n) is 18.6. The number of hydrogen-bond acceptors (Lipinski definition) is 5. The second-order valence-corrected chi connectivity index (χ2v) is 8.30. The number of H-pyrrole nitrogens is 1. The number of nitrogens with zero attached hydrogens (tertiary/aromatic N) is 3. The Morgan fingerprint density at radius 3 is 2.73 bits per heavy atom. The summed E-state index contributed by atoms with van der Waals surface area (Å²) in [5.41, 5.74) is 4.58. The van der Waals surface area contributed by atoms with Crippen molar-refractivity contribution in [1.29, 1.82) is 0 Å². The maximum Gasteiger partial charge on any atom is 0.256 e. The lowest BCUT2D eigenvalue weighted by Gasteiger charge is -2.31. The number of methoxy groups -OCH3 is 1. The summed E-state index contributed by atoms with van der Waals surface area (Å²) >= 11 is 0. The highest BCUT2D eigenvalue weighted by atomic mass is 16.5. The quantitative estimate of drug-likeness (QED) is 0.605. The molecule has 1 fully saturated rings.